The second-order valence-corrected chi connectivity index (χ2v) is 12.8. The van der Waals surface area contributed by atoms with E-state index in [1.165, 1.54) is 0 Å². The van der Waals surface area contributed by atoms with E-state index in [4.69, 9.17) is 0 Å². The molecule has 2 saturated heterocycles. The van der Waals surface area contributed by atoms with Gasteiger partial charge in [-0.25, -0.2) is 0 Å². The predicted octanol–water partition coefficient (Wildman–Crippen LogP) is 2.92. The number of hydrogen-bond acceptors (Lipinski definition) is 6. The van der Waals surface area contributed by atoms with E-state index in [-0.39, 0.29) is 30.9 Å². The number of hydrogen-bond donors (Lipinski definition) is 1. The molecule has 5 atom stereocenters. The maximum Gasteiger partial charge on any atom is 0.251 e. The summed E-state index contributed by atoms with van der Waals surface area (Å²) in [5.74, 6) is -1.67. The highest BCUT2D eigenvalue weighted by atomic mass is 32.2. The highest BCUT2D eigenvalue weighted by Gasteiger charge is 2.73. The van der Waals surface area contributed by atoms with E-state index in [1.807, 2.05) is 61.2 Å². The fraction of sp³-hybridized carbons (Fsp3) is 0.567. The molecule has 0 radical (unpaired) electrons. The van der Waals surface area contributed by atoms with Gasteiger partial charge in [0.15, 0.2) is 0 Å². The van der Waals surface area contributed by atoms with Crippen LogP contribution in [-0.4, -0.2) is 94.0 Å². The Bertz CT molecular complexity index is 1180. The summed E-state index contributed by atoms with van der Waals surface area (Å²) in [7, 11) is 0. The Morgan fingerprint density at radius 1 is 0.923 bits per heavy atom. The molecule has 1 spiro atoms. The fourth-order valence-corrected chi connectivity index (χ4v) is 9.21. The minimum Gasteiger partial charge on any atom is -0.395 e. The first-order valence-corrected chi connectivity index (χ1v) is 15.0. The highest BCUT2D eigenvalue weighted by molar-refractivity contribution is 8.02. The van der Waals surface area contributed by atoms with Crippen LogP contribution in [0.5, 0.6) is 0 Å². The van der Waals surface area contributed by atoms with Crippen LogP contribution in [0.4, 0.5) is 11.4 Å². The van der Waals surface area contributed by atoms with Crippen LogP contribution in [-0.2, 0) is 14.4 Å². The molecule has 0 bridgehead atoms. The van der Waals surface area contributed by atoms with Crippen LogP contribution >= 0.6 is 11.8 Å². The molecule has 39 heavy (non-hydrogen) atoms. The molecule has 0 saturated carbocycles. The largest absolute Gasteiger partial charge is 0.395 e. The van der Waals surface area contributed by atoms with Gasteiger partial charge in [0.1, 0.15) is 6.04 Å². The number of aliphatic hydroxyl groups is 1. The third-order valence-corrected chi connectivity index (χ3v) is 10.6. The van der Waals surface area contributed by atoms with Crippen molar-refractivity contribution in [2.45, 2.75) is 49.7 Å². The molecule has 1 aromatic rings. The number of aliphatic hydroxyl groups excluding tert-OH is 1. The molecule has 5 rings (SSSR count). The number of likely N-dealkylation sites (tertiary alicyclic amines) is 1. The summed E-state index contributed by atoms with van der Waals surface area (Å²) in [5.41, 5.74) is 1.86. The van der Waals surface area contributed by atoms with Crippen molar-refractivity contribution in [3.8, 4) is 0 Å². The Morgan fingerprint density at radius 3 is 2.26 bits per heavy atom. The number of anilines is 2. The number of β-amino-alcohol motifs (C(OH)–C–C–N with tert-alkyl or cyclic N) is 1. The Kier molecular flexibility index (Phi) is 7.59. The van der Waals surface area contributed by atoms with Gasteiger partial charge in [-0.2, -0.15) is 0 Å². The van der Waals surface area contributed by atoms with E-state index < -0.39 is 27.4 Å². The quantitative estimate of drug-likeness (QED) is 0.500. The molecule has 2 fully saturated rings. The van der Waals surface area contributed by atoms with E-state index in [0.29, 0.717) is 19.6 Å². The molecule has 1 N–H and O–H groups in total. The normalized spacial score (nSPS) is 31.8. The van der Waals surface area contributed by atoms with Crippen LogP contribution in [0.2, 0.25) is 0 Å². The molecule has 9 heteroatoms. The van der Waals surface area contributed by atoms with Crippen molar-refractivity contribution in [2.75, 3.05) is 55.7 Å². The first kappa shape index (κ1) is 27.8. The van der Waals surface area contributed by atoms with Crippen LogP contribution in [0, 0.1) is 11.8 Å². The second-order valence-electron chi connectivity index (χ2n) is 11.0. The SMILES string of the molecule is CCCN1CC=C[C@@]2(C)S[C@]34C=CCN(c5ccc(N(CC)CC)cc5)C(=O)C3N(CCO)C(=O)[C@@H]4[C@H]2C1=O. The molecule has 8 nitrogen and oxygen atoms in total. The molecule has 1 unspecified atom stereocenters. The molecule has 0 aromatic heterocycles. The topological polar surface area (TPSA) is 84.4 Å². The number of fused-ring (bicyclic) bond motifs is 2. The lowest BCUT2D eigenvalue weighted by Crippen LogP contribution is -2.54. The van der Waals surface area contributed by atoms with Crippen molar-refractivity contribution in [3.63, 3.8) is 0 Å². The Hall–Kier alpha value is -2.78. The molecular weight excluding hydrogens is 512 g/mol. The number of thioether (sulfide) groups is 1. The maximum atomic E-state index is 14.4. The number of carbonyl (C=O) groups excluding carboxylic acids is 3. The van der Waals surface area contributed by atoms with Gasteiger partial charge < -0.3 is 24.7 Å². The highest BCUT2D eigenvalue weighted by Crippen LogP contribution is 2.65. The zero-order valence-electron chi connectivity index (χ0n) is 23.4. The number of carbonyl (C=O) groups is 3. The van der Waals surface area contributed by atoms with Gasteiger partial charge >= 0.3 is 0 Å². The molecule has 4 aliphatic rings. The average molecular weight is 553 g/mol. The van der Waals surface area contributed by atoms with Crippen LogP contribution in [0.25, 0.3) is 0 Å². The Balaban J connectivity index is 1.56. The summed E-state index contributed by atoms with van der Waals surface area (Å²) < 4.78 is -1.51. The first-order valence-electron chi connectivity index (χ1n) is 14.2. The summed E-state index contributed by atoms with van der Waals surface area (Å²) >= 11 is 1.58. The number of rotatable bonds is 8. The summed E-state index contributed by atoms with van der Waals surface area (Å²) in [5, 5.41) is 9.92. The van der Waals surface area contributed by atoms with E-state index in [2.05, 4.69) is 24.8 Å². The number of nitrogens with zero attached hydrogens (tertiary/aromatic N) is 4. The van der Waals surface area contributed by atoms with Gasteiger partial charge in [-0.3, -0.25) is 14.4 Å². The second kappa shape index (κ2) is 10.7. The van der Waals surface area contributed by atoms with E-state index >= 15 is 0 Å². The van der Waals surface area contributed by atoms with E-state index in [0.717, 1.165) is 30.9 Å². The van der Waals surface area contributed by atoms with Crippen LogP contribution in [0.3, 0.4) is 0 Å². The average Bonchev–Trinajstić information content (AvgIpc) is 3.18. The van der Waals surface area contributed by atoms with Gasteiger partial charge in [0.2, 0.25) is 11.8 Å². The molecule has 4 aliphatic heterocycles. The van der Waals surface area contributed by atoms with Crippen molar-refractivity contribution in [3.05, 3.63) is 48.6 Å². The van der Waals surface area contributed by atoms with Crippen LogP contribution in [0.1, 0.15) is 34.1 Å². The van der Waals surface area contributed by atoms with Crippen LogP contribution < -0.4 is 9.80 Å². The minimum atomic E-state index is -0.895. The van der Waals surface area contributed by atoms with Gasteiger partial charge in [-0.05, 0) is 51.5 Å². The van der Waals surface area contributed by atoms with Crippen molar-refractivity contribution in [2.24, 2.45) is 11.8 Å². The monoisotopic (exact) mass is 552 g/mol. The third kappa shape index (κ3) is 4.29. The van der Waals surface area contributed by atoms with Gasteiger partial charge in [0.25, 0.3) is 5.91 Å². The lowest BCUT2D eigenvalue weighted by atomic mass is 9.74. The molecule has 1 aromatic carbocycles. The minimum absolute atomic E-state index is 0.0226. The van der Waals surface area contributed by atoms with E-state index in [1.54, 1.807) is 21.6 Å². The van der Waals surface area contributed by atoms with Gasteiger partial charge in [0.05, 0.1) is 23.2 Å². The molecule has 3 amide bonds. The standard InChI is InChI=1S/C30H40N4O4S/c1-5-16-32-17-8-14-29(4)23(26(32)36)24-27(37)34(19-20-35)25-28(38)33(18-9-15-30(24,25)39-29)22-12-10-21(11-13-22)31(6-2)7-3/h8-15,23-25,35H,5-7,16-20H2,1-4H3/t23-,24-,25?,29+,30-/m0/s1. The molecular formula is C30H40N4O4S. The zero-order valence-corrected chi connectivity index (χ0v) is 24.2. The van der Waals surface area contributed by atoms with Gasteiger partial charge in [0, 0.05) is 55.4 Å². The van der Waals surface area contributed by atoms with Gasteiger partial charge in [-0.15, -0.1) is 11.8 Å². The summed E-state index contributed by atoms with van der Waals surface area (Å²) in [6.07, 6.45) is 8.96. The lowest BCUT2D eigenvalue weighted by molar-refractivity contribution is -0.143. The number of benzene rings is 1. The van der Waals surface area contributed by atoms with Crippen LogP contribution in [0.15, 0.2) is 48.6 Å². The lowest BCUT2D eigenvalue weighted by Gasteiger charge is -2.36. The fourth-order valence-electron chi connectivity index (χ4n) is 7.05. The third-order valence-electron chi connectivity index (χ3n) is 8.76. The summed E-state index contributed by atoms with van der Waals surface area (Å²) in [6, 6.07) is 7.18. The predicted molar refractivity (Wildman–Crippen MR) is 156 cm³/mol. The van der Waals surface area contributed by atoms with Crippen molar-refractivity contribution >= 4 is 40.9 Å². The van der Waals surface area contributed by atoms with Crippen molar-refractivity contribution < 1.29 is 19.5 Å². The van der Waals surface area contributed by atoms with Crippen molar-refractivity contribution in [1.29, 1.82) is 0 Å². The first-order chi connectivity index (χ1) is 18.8. The van der Waals surface area contributed by atoms with E-state index in [9.17, 15) is 19.5 Å². The smallest absolute Gasteiger partial charge is 0.251 e. The van der Waals surface area contributed by atoms with Gasteiger partial charge in [-0.1, -0.05) is 31.2 Å². The van der Waals surface area contributed by atoms with Crippen molar-refractivity contribution in [1.82, 2.24) is 9.80 Å². The summed E-state index contributed by atoms with van der Waals surface area (Å²) in [4.78, 5) is 49.9. The maximum absolute atomic E-state index is 14.4. The molecule has 0 aliphatic carbocycles. The number of amides is 3. The Morgan fingerprint density at radius 2 is 1.62 bits per heavy atom. The summed E-state index contributed by atoms with van der Waals surface area (Å²) in [6.45, 7) is 11.4. The molecule has 4 heterocycles. The Labute approximate surface area is 235 Å². The molecule has 210 valence electrons. The zero-order chi connectivity index (χ0) is 27.9.